The molecule has 2 amide bonds. The number of phenols is 1. The molecule has 2 saturated carbocycles. The normalized spacial score (nSPS) is 31.9. The molecule has 3 aliphatic carbocycles. The number of likely N-dealkylation sites (tertiary alicyclic amines) is 1. The fourth-order valence-corrected chi connectivity index (χ4v) is 7.23. The molecule has 4 aliphatic rings. The van der Waals surface area contributed by atoms with Gasteiger partial charge in [-0.15, -0.1) is 0 Å². The number of rotatable bonds is 5. The molecule has 220 valence electrons. The lowest BCUT2D eigenvalue weighted by atomic mass is 9.52. The summed E-state index contributed by atoms with van der Waals surface area (Å²) in [6.07, 6.45) is 2.56. The van der Waals surface area contributed by atoms with Crippen LogP contribution in [0.5, 0.6) is 5.75 Å². The first-order valence-corrected chi connectivity index (χ1v) is 13.7. The van der Waals surface area contributed by atoms with Crippen molar-refractivity contribution in [3.8, 4) is 5.75 Å². The van der Waals surface area contributed by atoms with Crippen molar-refractivity contribution in [3.05, 3.63) is 23.0 Å². The number of benzene rings is 1. The van der Waals surface area contributed by atoms with E-state index >= 15 is 4.39 Å². The number of hydrogen-bond acceptors (Lipinski definition) is 10. The number of aromatic hydroxyl groups is 1. The Bertz CT molecular complexity index is 1370. The zero-order chi connectivity index (χ0) is 30.0. The second-order valence-electron chi connectivity index (χ2n) is 11.8. The van der Waals surface area contributed by atoms with E-state index in [4.69, 9.17) is 5.73 Å². The Morgan fingerprint density at radius 2 is 1.80 bits per heavy atom. The number of carbonyl (C=O) groups excluding carboxylic acids is 6. The molecule has 2 unspecified atom stereocenters. The average molecular weight is 573 g/mol. The maximum atomic E-state index is 15.4. The summed E-state index contributed by atoms with van der Waals surface area (Å²) < 4.78 is 15.4. The molecule has 5 rings (SSSR count). The molecular weight excluding hydrogens is 539 g/mol. The molecule has 1 saturated heterocycles. The third-order valence-corrected chi connectivity index (χ3v) is 9.10. The molecule has 0 spiro atoms. The lowest BCUT2D eigenvalue weighted by Crippen LogP contribution is -2.74. The van der Waals surface area contributed by atoms with E-state index in [2.05, 4.69) is 5.32 Å². The highest BCUT2D eigenvalue weighted by Gasteiger charge is 2.69. The summed E-state index contributed by atoms with van der Waals surface area (Å²) in [4.78, 5) is 82.0. The van der Waals surface area contributed by atoms with Crippen LogP contribution >= 0.6 is 0 Å². The number of nitrogens with zero attached hydrogens (tertiary/aromatic N) is 2. The maximum Gasteiger partial charge on any atom is 0.238 e. The van der Waals surface area contributed by atoms with Crippen molar-refractivity contribution in [2.24, 2.45) is 29.4 Å². The molecule has 1 aromatic rings. The number of hydrogen-bond donors (Lipinski definition) is 4. The van der Waals surface area contributed by atoms with E-state index in [-0.39, 0.29) is 30.6 Å². The lowest BCUT2D eigenvalue weighted by molar-refractivity contribution is -0.181. The first-order valence-electron chi connectivity index (χ1n) is 13.7. The van der Waals surface area contributed by atoms with Gasteiger partial charge in [-0.25, -0.2) is 4.39 Å². The van der Waals surface area contributed by atoms with Crippen molar-refractivity contribution in [3.63, 3.8) is 0 Å². The predicted molar refractivity (Wildman–Crippen MR) is 140 cm³/mol. The average Bonchev–Trinajstić information content (AvgIpc) is 2.89. The highest BCUT2D eigenvalue weighted by molar-refractivity contribution is 6.32. The summed E-state index contributed by atoms with van der Waals surface area (Å²) in [5.74, 6) is -13.8. The molecule has 0 radical (unpaired) electrons. The minimum Gasteiger partial charge on any atom is -0.505 e. The molecular formula is C28H33FN4O8. The number of amides is 2. The molecule has 1 heterocycles. The Labute approximate surface area is 235 Å². The highest BCUT2D eigenvalue weighted by Crippen LogP contribution is 2.51. The number of phenolic OH excluding ortho intramolecular Hbond substituents is 1. The van der Waals surface area contributed by atoms with Gasteiger partial charge in [0.15, 0.2) is 34.7 Å². The largest absolute Gasteiger partial charge is 0.505 e. The second kappa shape index (κ2) is 10.4. The quantitative estimate of drug-likeness (QED) is 0.263. The molecule has 0 bridgehead atoms. The molecule has 3 fully saturated rings. The van der Waals surface area contributed by atoms with Crippen LogP contribution in [0.25, 0.3) is 0 Å². The fourth-order valence-electron chi connectivity index (χ4n) is 7.23. The van der Waals surface area contributed by atoms with E-state index in [1.54, 1.807) is 0 Å². The SMILES string of the molecule is CN(C)[C@@H]1C(=O)C(C(N)=O)C(=O)[C@@]2(O)C(=O)C3C(=O)c4c(O)c(NC(=O)CN5CCCCC5)cc(F)c4C[C@H]3C[C@@H]12. The van der Waals surface area contributed by atoms with Gasteiger partial charge < -0.3 is 21.3 Å². The highest BCUT2D eigenvalue weighted by atomic mass is 19.1. The summed E-state index contributed by atoms with van der Waals surface area (Å²) in [6, 6.07) is -0.322. The minimum absolute atomic E-state index is 0.0125. The zero-order valence-corrected chi connectivity index (χ0v) is 22.8. The van der Waals surface area contributed by atoms with E-state index in [0.717, 1.165) is 38.4 Å². The summed E-state index contributed by atoms with van der Waals surface area (Å²) in [5, 5.41) is 25.1. The number of ketones is 4. The van der Waals surface area contributed by atoms with Gasteiger partial charge in [0.05, 0.1) is 29.8 Å². The Morgan fingerprint density at radius 1 is 1.15 bits per heavy atom. The van der Waals surface area contributed by atoms with Crippen LogP contribution in [0.2, 0.25) is 0 Å². The van der Waals surface area contributed by atoms with E-state index < -0.39 is 87.4 Å². The molecule has 1 aliphatic heterocycles. The number of likely N-dealkylation sites (N-methyl/N-ethyl adjacent to an activating group) is 1. The molecule has 41 heavy (non-hydrogen) atoms. The molecule has 5 N–H and O–H groups in total. The minimum atomic E-state index is -2.87. The fraction of sp³-hybridized carbons (Fsp3) is 0.571. The first-order chi connectivity index (χ1) is 19.3. The summed E-state index contributed by atoms with van der Waals surface area (Å²) in [7, 11) is 2.96. The standard InChI is InChI=1S/C28H33FN4O8/c1-32(2)21-14-9-12-8-13-15(29)10-16(31-17(34)11-33-6-4-3-5-7-33)22(35)19(13)23(36)18(12)25(38)28(14,41)26(39)20(24(21)37)27(30)40/h10,12,14,18,20-21,35,41H,3-9,11H2,1-2H3,(H2,30,40)(H,31,34)/t12-,14-,18?,20?,21-,28-/m0/s1. The monoisotopic (exact) mass is 572 g/mol. The van der Waals surface area contributed by atoms with Crippen LogP contribution < -0.4 is 11.1 Å². The molecule has 12 nitrogen and oxygen atoms in total. The lowest BCUT2D eigenvalue weighted by Gasteiger charge is -2.52. The number of Topliss-reactive ketones (excluding diaryl/α,β-unsaturated/α-hetero) is 4. The van der Waals surface area contributed by atoms with Gasteiger partial charge in [-0.1, -0.05) is 6.42 Å². The smallest absolute Gasteiger partial charge is 0.238 e. The number of fused-ring (bicyclic) bond motifs is 3. The van der Waals surface area contributed by atoms with Gasteiger partial charge in [0.1, 0.15) is 11.6 Å². The predicted octanol–water partition coefficient (Wildman–Crippen LogP) is -0.569. The number of aliphatic hydroxyl groups is 1. The van der Waals surface area contributed by atoms with Crippen LogP contribution in [0.3, 0.4) is 0 Å². The van der Waals surface area contributed by atoms with Crippen LogP contribution in [-0.4, -0.2) is 100 Å². The Hall–Kier alpha value is -3.55. The van der Waals surface area contributed by atoms with Gasteiger partial charge in [-0.3, -0.25) is 38.6 Å². The zero-order valence-electron chi connectivity index (χ0n) is 22.8. The Kier molecular flexibility index (Phi) is 7.33. The molecule has 13 heteroatoms. The molecule has 1 aromatic carbocycles. The number of halogens is 1. The number of primary amides is 1. The number of anilines is 1. The van der Waals surface area contributed by atoms with Crippen molar-refractivity contribution < 1.29 is 43.4 Å². The molecule has 6 atom stereocenters. The van der Waals surface area contributed by atoms with Gasteiger partial charge in [0, 0.05) is 17.5 Å². The van der Waals surface area contributed by atoms with E-state index in [1.807, 2.05) is 4.90 Å². The Morgan fingerprint density at radius 3 is 2.41 bits per heavy atom. The van der Waals surface area contributed by atoms with E-state index in [1.165, 1.54) is 19.0 Å². The van der Waals surface area contributed by atoms with Crippen LogP contribution in [0.1, 0.15) is 41.6 Å². The number of piperidine rings is 1. The maximum absolute atomic E-state index is 15.4. The van der Waals surface area contributed by atoms with Gasteiger partial charge >= 0.3 is 0 Å². The van der Waals surface area contributed by atoms with Gasteiger partial charge in [0.25, 0.3) is 0 Å². The van der Waals surface area contributed by atoms with Crippen molar-refractivity contribution in [2.45, 2.75) is 43.7 Å². The van der Waals surface area contributed by atoms with Gasteiger partial charge in [-0.05, 0) is 58.8 Å². The van der Waals surface area contributed by atoms with Crippen LogP contribution in [-0.2, 0) is 30.4 Å². The van der Waals surface area contributed by atoms with Crippen molar-refractivity contribution in [1.29, 1.82) is 0 Å². The first kappa shape index (κ1) is 29.0. The van der Waals surface area contributed by atoms with Crippen LogP contribution in [0.4, 0.5) is 10.1 Å². The van der Waals surface area contributed by atoms with E-state index in [0.29, 0.717) is 0 Å². The van der Waals surface area contributed by atoms with Crippen LogP contribution in [0.15, 0.2) is 6.07 Å². The third-order valence-electron chi connectivity index (χ3n) is 9.10. The summed E-state index contributed by atoms with van der Waals surface area (Å²) in [5.41, 5.74) is 1.43. The number of nitrogens with one attached hydrogen (secondary N) is 1. The summed E-state index contributed by atoms with van der Waals surface area (Å²) >= 11 is 0. The summed E-state index contributed by atoms with van der Waals surface area (Å²) in [6.45, 7) is 1.46. The topological polar surface area (TPSA) is 187 Å². The second-order valence-corrected chi connectivity index (χ2v) is 11.8. The van der Waals surface area contributed by atoms with Crippen molar-refractivity contribution >= 4 is 40.6 Å². The van der Waals surface area contributed by atoms with Gasteiger partial charge in [0.2, 0.25) is 11.8 Å². The number of carbonyl (C=O) groups is 6. The van der Waals surface area contributed by atoms with Gasteiger partial charge in [-0.2, -0.15) is 0 Å². The van der Waals surface area contributed by atoms with Crippen molar-refractivity contribution in [1.82, 2.24) is 9.80 Å². The van der Waals surface area contributed by atoms with E-state index in [9.17, 15) is 39.0 Å². The Balaban J connectivity index is 1.50. The van der Waals surface area contributed by atoms with Crippen molar-refractivity contribution in [2.75, 3.05) is 39.0 Å². The molecule has 0 aromatic heterocycles. The number of nitrogens with two attached hydrogens (primary N) is 1. The van der Waals surface area contributed by atoms with Crippen LogP contribution in [0, 0.1) is 29.5 Å². The third kappa shape index (κ3) is 4.46.